The van der Waals surface area contributed by atoms with Crippen LogP contribution in [0.15, 0.2) is 41.0 Å². The van der Waals surface area contributed by atoms with E-state index in [1.54, 1.807) is 10.6 Å². The second kappa shape index (κ2) is 5.57. The minimum Gasteiger partial charge on any atom is -0.476 e. The topological polar surface area (TPSA) is 54.6 Å². The maximum Gasteiger partial charge on any atom is 0.355 e. The summed E-state index contributed by atoms with van der Waals surface area (Å²) in [6.45, 7) is 4.01. The second-order valence-corrected chi connectivity index (χ2v) is 6.12. The predicted octanol–water partition coefficient (Wildman–Crippen LogP) is 4.33. The van der Waals surface area contributed by atoms with Crippen LogP contribution in [0.4, 0.5) is 0 Å². The van der Waals surface area contributed by atoms with Gasteiger partial charge in [0.25, 0.3) is 0 Å². The highest BCUT2D eigenvalue weighted by Gasteiger charge is 2.21. The maximum atomic E-state index is 11.7. The van der Waals surface area contributed by atoms with Crippen LogP contribution in [0.3, 0.4) is 0 Å². The number of carboxylic acids is 1. The molecule has 4 nitrogen and oxygen atoms in total. The van der Waals surface area contributed by atoms with Crippen LogP contribution in [0, 0.1) is 6.92 Å². The van der Waals surface area contributed by atoms with Gasteiger partial charge in [0.15, 0.2) is 5.69 Å². The third-order valence-electron chi connectivity index (χ3n) is 3.71. The first-order valence-electron chi connectivity index (χ1n) is 7.02. The van der Waals surface area contributed by atoms with E-state index in [0.29, 0.717) is 11.3 Å². The van der Waals surface area contributed by atoms with Crippen molar-refractivity contribution >= 4 is 27.5 Å². The van der Waals surface area contributed by atoms with Gasteiger partial charge in [-0.25, -0.2) is 9.78 Å². The molecular weight excluding hydrogens is 344 g/mol. The number of hydrogen-bond donors (Lipinski definition) is 1. The van der Waals surface area contributed by atoms with Crippen LogP contribution >= 0.6 is 15.9 Å². The monoisotopic (exact) mass is 358 g/mol. The normalized spacial score (nSPS) is 11.0. The lowest BCUT2D eigenvalue weighted by atomic mass is 10.1. The largest absolute Gasteiger partial charge is 0.476 e. The number of benzene rings is 1. The molecule has 0 bridgehead atoms. The lowest BCUT2D eigenvalue weighted by molar-refractivity contribution is 0.0690. The molecule has 3 aromatic rings. The number of hydrogen-bond acceptors (Lipinski definition) is 2. The number of pyridine rings is 1. The molecule has 0 saturated carbocycles. The lowest BCUT2D eigenvalue weighted by Gasteiger charge is -2.03. The van der Waals surface area contributed by atoms with Gasteiger partial charge >= 0.3 is 5.97 Å². The Kier molecular flexibility index (Phi) is 3.74. The van der Waals surface area contributed by atoms with E-state index in [1.165, 1.54) is 5.56 Å². The number of aromatic nitrogens is 2. The SMILES string of the molecule is CCc1ccc(-c2nc3c(C)cc(Br)cn3c2C(=O)O)cc1. The molecule has 5 heteroatoms. The quantitative estimate of drug-likeness (QED) is 0.757. The number of carbonyl (C=O) groups is 1. The number of imidazole rings is 1. The molecule has 0 atom stereocenters. The summed E-state index contributed by atoms with van der Waals surface area (Å²) in [5.74, 6) is -0.987. The van der Waals surface area contributed by atoms with Gasteiger partial charge < -0.3 is 5.11 Å². The summed E-state index contributed by atoms with van der Waals surface area (Å²) < 4.78 is 2.45. The highest BCUT2D eigenvalue weighted by Crippen LogP contribution is 2.28. The van der Waals surface area contributed by atoms with E-state index in [-0.39, 0.29) is 5.69 Å². The van der Waals surface area contributed by atoms with Crippen LogP contribution in [0.2, 0.25) is 0 Å². The summed E-state index contributed by atoms with van der Waals surface area (Å²) in [6, 6.07) is 9.80. The Morgan fingerprint density at radius 1 is 1.32 bits per heavy atom. The predicted molar refractivity (Wildman–Crippen MR) is 89.4 cm³/mol. The van der Waals surface area contributed by atoms with Crippen LogP contribution in [0.25, 0.3) is 16.9 Å². The third kappa shape index (κ3) is 2.41. The molecule has 112 valence electrons. The summed E-state index contributed by atoms with van der Waals surface area (Å²) in [5, 5.41) is 9.62. The van der Waals surface area contributed by atoms with Gasteiger partial charge in [-0.15, -0.1) is 0 Å². The molecule has 0 radical (unpaired) electrons. The van der Waals surface area contributed by atoms with Crippen LogP contribution in [0.5, 0.6) is 0 Å². The van der Waals surface area contributed by atoms with E-state index in [9.17, 15) is 9.90 Å². The highest BCUT2D eigenvalue weighted by atomic mass is 79.9. The standard InChI is InChI=1S/C17H15BrN2O2/c1-3-11-4-6-12(7-5-11)14-15(17(21)22)20-9-13(18)8-10(2)16(20)19-14/h4-9H,3H2,1-2H3,(H,21,22). The minimum absolute atomic E-state index is 0.184. The Morgan fingerprint density at radius 3 is 2.59 bits per heavy atom. The molecule has 0 aliphatic rings. The number of fused-ring (bicyclic) bond motifs is 1. The van der Waals surface area contributed by atoms with Gasteiger partial charge in [-0.2, -0.15) is 0 Å². The zero-order chi connectivity index (χ0) is 15.9. The van der Waals surface area contributed by atoms with E-state index in [4.69, 9.17) is 0 Å². The van der Waals surface area contributed by atoms with Crippen molar-refractivity contribution in [3.63, 3.8) is 0 Å². The number of rotatable bonds is 3. The van der Waals surface area contributed by atoms with Crippen molar-refractivity contribution in [2.75, 3.05) is 0 Å². The molecule has 2 aromatic heterocycles. The fraction of sp³-hybridized carbons (Fsp3) is 0.176. The fourth-order valence-corrected chi connectivity index (χ4v) is 3.12. The molecule has 2 heterocycles. The average Bonchev–Trinajstić information content (AvgIpc) is 2.87. The zero-order valence-electron chi connectivity index (χ0n) is 12.3. The number of aryl methyl sites for hydroxylation is 2. The fourth-order valence-electron chi connectivity index (χ4n) is 2.57. The molecule has 22 heavy (non-hydrogen) atoms. The van der Waals surface area contributed by atoms with Gasteiger partial charge in [-0.05, 0) is 46.5 Å². The molecule has 0 fully saturated rings. The Balaban J connectivity index is 2.30. The first-order chi connectivity index (χ1) is 10.5. The van der Waals surface area contributed by atoms with Crippen molar-refractivity contribution < 1.29 is 9.90 Å². The van der Waals surface area contributed by atoms with Crippen LogP contribution < -0.4 is 0 Å². The van der Waals surface area contributed by atoms with Crippen LogP contribution in [0.1, 0.15) is 28.5 Å². The summed E-state index contributed by atoms with van der Waals surface area (Å²) in [7, 11) is 0. The van der Waals surface area contributed by atoms with Gasteiger partial charge in [-0.1, -0.05) is 31.2 Å². The summed E-state index contributed by atoms with van der Waals surface area (Å²) in [4.78, 5) is 16.3. The van der Waals surface area contributed by atoms with Gasteiger partial charge in [0.2, 0.25) is 0 Å². The van der Waals surface area contributed by atoms with Crippen LogP contribution in [-0.4, -0.2) is 20.5 Å². The smallest absolute Gasteiger partial charge is 0.355 e. The highest BCUT2D eigenvalue weighted by molar-refractivity contribution is 9.10. The zero-order valence-corrected chi connectivity index (χ0v) is 13.9. The number of aromatic carboxylic acids is 1. The van der Waals surface area contributed by atoms with Crippen LogP contribution in [-0.2, 0) is 6.42 Å². The van der Waals surface area contributed by atoms with E-state index in [0.717, 1.165) is 22.0 Å². The molecular formula is C17H15BrN2O2. The third-order valence-corrected chi connectivity index (χ3v) is 4.14. The van der Waals surface area contributed by atoms with Gasteiger partial charge in [0.05, 0.1) is 0 Å². The van der Waals surface area contributed by atoms with Crippen molar-refractivity contribution in [2.45, 2.75) is 20.3 Å². The first-order valence-corrected chi connectivity index (χ1v) is 7.81. The minimum atomic E-state index is -0.987. The Bertz CT molecular complexity index is 866. The lowest BCUT2D eigenvalue weighted by Crippen LogP contribution is -2.04. The van der Waals surface area contributed by atoms with Crippen molar-refractivity contribution in [3.8, 4) is 11.3 Å². The molecule has 1 N–H and O–H groups in total. The summed E-state index contributed by atoms with van der Waals surface area (Å²) in [6.07, 6.45) is 2.69. The molecule has 0 spiro atoms. The number of nitrogens with zero attached hydrogens (tertiary/aromatic N) is 2. The van der Waals surface area contributed by atoms with Crippen molar-refractivity contribution in [2.24, 2.45) is 0 Å². The van der Waals surface area contributed by atoms with E-state index >= 15 is 0 Å². The number of halogens is 1. The van der Waals surface area contributed by atoms with E-state index < -0.39 is 5.97 Å². The number of carboxylic acid groups (broad SMARTS) is 1. The molecule has 0 unspecified atom stereocenters. The average molecular weight is 359 g/mol. The van der Waals surface area contributed by atoms with Gasteiger partial charge in [0, 0.05) is 16.2 Å². The molecule has 1 aromatic carbocycles. The van der Waals surface area contributed by atoms with Crippen molar-refractivity contribution in [3.05, 3.63) is 57.8 Å². The molecule has 0 amide bonds. The Labute approximate surface area is 136 Å². The summed E-state index contributed by atoms with van der Waals surface area (Å²) >= 11 is 3.41. The van der Waals surface area contributed by atoms with Crippen molar-refractivity contribution in [1.29, 1.82) is 0 Å². The Hall–Kier alpha value is -2.14. The molecule has 0 aliphatic carbocycles. The van der Waals surface area contributed by atoms with E-state index in [2.05, 4.69) is 27.8 Å². The van der Waals surface area contributed by atoms with Crippen molar-refractivity contribution in [1.82, 2.24) is 9.38 Å². The van der Waals surface area contributed by atoms with Gasteiger partial charge in [-0.3, -0.25) is 4.40 Å². The summed E-state index contributed by atoms with van der Waals surface area (Å²) in [5.41, 5.74) is 4.29. The van der Waals surface area contributed by atoms with E-state index in [1.807, 2.05) is 37.3 Å². The molecule has 0 aliphatic heterocycles. The molecule has 0 saturated heterocycles. The van der Waals surface area contributed by atoms with Gasteiger partial charge in [0.1, 0.15) is 11.3 Å². The molecule has 3 rings (SSSR count). The second-order valence-electron chi connectivity index (χ2n) is 5.20. The maximum absolute atomic E-state index is 11.7. The first kappa shape index (κ1) is 14.8. The Morgan fingerprint density at radius 2 is 2.00 bits per heavy atom.